The van der Waals surface area contributed by atoms with E-state index in [2.05, 4.69) is 16.0 Å². The highest BCUT2D eigenvalue weighted by molar-refractivity contribution is 7.94. The molecule has 0 saturated heterocycles. The van der Waals surface area contributed by atoms with Gasteiger partial charge in [-0.15, -0.1) is 0 Å². The maximum atomic E-state index is 13.4. The summed E-state index contributed by atoms with van der Waals surface area (Å²) in [5.41, 5.74) is 12.7. The first-order valence-corrected chi connectivity index (χ1v) is 16.3. The van der Waals surface area contributed by atoms with Crippen LogP contribution in [0.1, 0.15) is 55.7 Å². The first-order chi connectivity index (χ1) is 21.0. The monoisotopic (exact) mass is 649 g/mol. The summed E-state index contributed by atoms with van der Waals surface area (Å²) >= 11 is 1.28. The number of carbonyl (C=O) groups excluding carboxylic acids is 3. The van der Waals surface area contributed by atoms with Gasteiger partial charge in [-0.3, -0.25) is 18.6 Å². The Morgan fingerprint density at radius 2 is 1.55 bits per heavy atom. The van der Waals surface area contributed by atoms with E-state index in [0.717, 1.165) is 19.1 Å². The van der Waals surface area contributed by atoms with Crippen molar-refractivity contribution in [3.8, 4) is 23.3 Å². The second-order valence-electron chi connectivity index (χ2n) is 9.38. The van der Waals surface area contributed by atoms with Gasteiger partial charge in [0.1, 0.15) is 23.9 Å². The molecule has 0 atom stereocenters. The second kappa shape index (κ2) is 18.8. The van der Waals surface area contributed by atoms with E-state index in [0.29, 0.717) is 53.5 Å². The zero-order valence-electron chi connectivity index (χ0n) is 25.1. The molecule has 240 valence electrons. The topological polar surface area (TPSA) is 178 Å². The molecule has 1 aliphatic heterocycles. The van der Waals surface area contributed by atoms with E-state index in [4.69, 9.17) is 25.1 Å². The number of ether oxygens (including phenoxy) is 2. The van der Waals surface area contributed by atoms with Gasteiger partial charge >= 0.3 is 0 Å². The maximum absolute atomic E-state index is 13.4. The Labute approximate surface area is 263 Å². The Balaban J connectivity index is 0.00000102. The molecule has 0 aromatic heterocycles. The fraction of sp³-hybridized carbons (Fsp3) is 0.433. The van der Waals surface area contributed by atoms with Gasteiger partial charge in [-0.1, -0.05) is 18.8 Å². The van der Waals surface area contributed by atoms with Crippen molar-refractivity contribution in [1.82, 2.24) is 0 Å². The third-order valence-corrected chi connectivity index (χ3v) is 7.76. The van der Waals surface area contributed by atoms with Gasteiger partial charge in [-0.25, -0.2) is 0 Å². The van der Waals surface area contributed by atoms with Crippen molar-refractivity contribution in [1.29, 1.82) is 0 Å². The van der Waals surface area contributed by atoms with E-state index in [1.54, 1.807) is 42.3 Å². The van der Waals surface area contributed by atoms with E-state index < -0.39 is 16.0 Å². The SMILES string of the molecule is CCCC(N)=O.COSCCOc1ccc2c(c1)N(C(=O)CCCC(N)=O)Cc1cc(OCCS(=O)(=O)OC)ccc1C#C2. The quantitative estimate of drug-likeness (QED) is 0.119. The van der Waals surface area contributed by atoms with Crippen molar-refractivity contribution in [3.63, 3.8) is 0 Å². The van der Waals surface area contributed by atoms with Crippen LogP contribution in [0.15, 0.2) is 36.4 Å². The van der Waals surface area contributed by atoms with Crippen LogP contribution in [0.2, 0.25) is 0 Å². The molecule has 2 aromatic rings. The highest BCUT2D eigenvalue weighted by Gasteiger charge is 2.23. The van der Waals surface area contributed by atoms with Crippen molar-refractivity contribution in [2.45, 2.75) is 45.6 Å². The summed E-state index contributed by atoms with van der Waals surface area (Å²) in [6, 6.07) is 10.6. The zero-order valence-corrected chi connectivity index (χ0v) is 26.8. The highest BCUT2D eigenvalue weighted by atomic mass is 32.2. The Kier molecular flexibility index (Phi) is 15.6. The fourth-order valence-corrected chi connectivity index (χ4v) is 4.64. The van der Waals surface area contributed by atoms with Gasteiger partial charge in [-0.05, 0) is 60.8 Å². The van der Waals surface area contributed by atoms with Crippen molar-refractivity contribution in [2.75, 3.05) is 43.8 Å². The number of fused-ring (bicyclic) bond motifs is 2. The molecule has 0 fully saturated rings. The standard InChI is InChI=1S/C26H30N2O8S2.C4H9NO/c1-33-37-14-12-35-23-11-9-20-7-6-19-8-10-22(36-13-15-38(31,32)34-2)16-21(19)18-28(24(20)17-23)26(30)5-3-4-25(27)29;1-2-3-4(5)6/h8-11,16-17H,3-5,12-15,18H2,1-2H3,(H2,27,29);2-3H2,1H3,(H2,5,6). The van der Waals surface area contributed by atoms with Crippen LogP contribution in [-0.2, 0) is 39.4 Å². The maximum Gasteiger partial charge on any atom is 0.270 e. The van der Waals surface area contributed by atoms with Crippen LogP contribution in [0.25, 0.3) is 0 Å². The summed E-state index contributed by atoms with van der Waals surface area (Å²) < 4.78 is 44.1. The molecule has 0 radical (unpaired) electrons. The van der Waals surface area contributed by atoms with Crippen LogP contribution >= 0.6 is 12.0 Å². The molecule has 0 saturated carbocycles. The van der Waals surface area contributed by atoms with E-state index >= 15 is 0 Å². The Morgan fingerprint density at radius 3 is 2.16 bits per heavy atom. The van der Waals surface area contributed by atoms with E-state index in [-0.39, 0.29) is 43.6 Å². The summed E-state index contributed by atoms with van der Waals surface area (Å²) in [6.07, 6.45) is 1.91. The molecule has 14 heteroatoms. The molecule has 1 aliphatic rings. The minimum Gasteiger partial charge on any atom is -0.493 e. The van der Waals surface area contributed by atoms with E-state index in [1.807, 2.05) is 13.0 Å². The molecule has 1 heterocycles. The zero-order chi connectivity index (χ0) is 32.5. The van der Waals surface area contributed by atoms with Gasteiger partial charge in [0.25, 0.3) is 10.1 Å². The van der Waals surface area contributed by atoms with Crippen LogP contribution in [0.5, 0.6) is 11.5 Å². The highest BCUT2D eigenvalue weighted by Crippen LogP contribution is 2.31. The second-order valence-corrected chi connectivity index (χ2v) is 12.2. The van der Waals surface area contributed by atoms with Gasteiger partial charge in [0.2, 0.25) is 17.7 Å². The number of hydrogen-bond donors (Lipinski definition) is 2. The smallest absolute Gasteiger partial charge is 0.270 e. The number of benzene rings is 2. The van der Waals surface area contributed by atoms with Crippen LogP contribution in [0.3, 0.4) is 0 Å². The van der Waals surface area contributed by atoms with Gasteiger partial charge < -0.3 is 30.0 Å². The molecule has 2 aromatic carbocycles. The van der Waals surface area contributed by atoms with Crippen LogP contribution in [0, 0.1) is 11.8 Å². The summed E-state index contributed by atoms with van der Waals surface area (Å²) in [7, 11) is -0.966. The van der Waals surface area contributed by atoms with Crippen LogP contribution in [-0.4, -0.2) is 65.1 Å². The summed E-state index contributed by atoms with van der Waals surface area (Å²) in [4.78, 5) is 36.0. The van der Waals surface area contributed by atoms with Gasteiger partial charge in [0.05, 0.1) is 38.8 Å². The molecule has 4 N–H and O–H groups in total. The average molecular weight is 650 g/mol. The summed E-state index contributed by atoms with van der Waals surface area (Å²) in [5.74, 6) is 6.76. The predicted octanol–water partition coefficient (Wildman–Crippen LogP) is 2.89. The lowest BCUT2D eigenvalue weighted by molar-refractivity contribution is -0.120. The molecular formula is C30H39N3O9S2. The molecule has 44 heavy (non-hydrogen) atoms. The molecule has 0 bridgehead atoms. The molecule has 3 amide bonds. The number of nitrogens with two attached hydrogens (primary N) is 2. The number of carbonyl (C=O) groups is 3. The molecule has 0 aliphatic carbocycles. The first-order valence-electron chi connectivity index (χ1n) is 13.8. The average Bonchev–Trinajstić information content (AvgIpc) is 2.97. The fourth-order valence-electron chi connectivity index (χ4n) is 3.87. The molecular weight excluding hydrogens is 610 g/mol. The predicted molar refractivity (Wildman–Crippen MR) is 168 cm³/mol. The Morgan fingerprint density at radius 1 is 0.909 bits per heavy atom. The number of amides is 3. The molecule has 0 unspecified atom stereocenters. The summed E-state index contributed by atoms with van der Waals surface area (Å²) in [5, 5.41) is 0. The third-order valence-electron chi connectivity index (χ3n) is 6.02. The van der Waals surface area contributed by atoms with Crippen molar-refractivity contribution in [3.05, 3.63) is 53.1 Å². The van der Waals surface area contributed by atoms with E-state index in [9.17, 15) is 22.8 Å². The Hall–Kier alpha value is -3.77. The van der Waals surface area contributed by atoms with Gasteiger partial charge in [0, 0.05) is 36.5 Å². The number of primary amides is 2. The van der Waals surface area contributed by atoms with E-state index in [1.165, 1.54) is 12.0 Å². The number of hydrogen-bond acceptors (Lipinski definition) is 10. The number of rotatable bonds is 16. The Bertz CT molecular complexity index is 1450. The summed E-state index contributed by atoms with van der Waals surface area (Å²) in [6.45, 7) is 2.42. The van der Waals surface area contributed by atoms with Crippen LogP contribution < -0.4 is 25.8 Å². The minimum atomic E-state index is -3.65. The normalized spacial score (nSPS) is 11.8. The largest absolute Gasteiger partial charge is 0.493 e. The number of anilines is 1. The lowest BCUT2D eigenvalue weighted by atomic mass is 10.0. The molecule has 3 rings (SSSR count). The first kappa shape index (κ1) is 36.4. The van der Waals surface area contributed by atoms with Crippen LogP contribution in [0.4, 0.5) is 5.69 Å². The third kappa shape index (κ3) is 12.8. The van der Waals surface area contributed by atoms with Crippen molar-refractivity contribution >= 4 is 45.6 Å². The van der Waals surface area contributed by atoms with Gasteiger partial charge in [-0.2, -0.15) is 8.42 Å². The minimum absolute atomic E-state index is 0.0959. The number of nitrogens with zero attached hydrogens (tertiary/aromatic N) is 1. The lowest BCUT2D eigenvalue weighted by Gasteiger charge is -2.27. The van der Waals surface area contributed by atoms with Crippen molar-refractivity contribution in [2.24, 2.45) is 11.5 Å². The van der Waals surface area contributed by atoms with Crippen molar-refractivity contribution < 1.29 is 40.6 Å². The molecule has 12 nitrogen and oxygen atoms in total. The lowest BCUT2D eigenvalue weighted by Crippen LogP contribution is -2.32. The van der Waals surface area contributed by atoms with Gasteiger partial charge in [0.15, 0.2) is 0 Å². The molecule has 0 spiro atoms.